The fraction of sp³-hybridized carbons (Fsp3) is 0.381. The van der Waals surface area contributed by atoms with Crippen molar-refractivity contribution in [1.82, 2.24) is 9.80 Å². The fourth-order valence-corrected chi connectivity index (χ4v) is 6.19. The summed E-state index contributed by atoms with van der Waals surface area (Å²) in [5.41, 5.74) is 6.07. The third-order valence-corrected chi connectivity index (χ3v) is 9.46. The Labute approximate surface area is 291 Å². The van der Waals surface area contributed by atoms with E-state index in [-0.39, 0.29) is 36.3 Å². The van der Waals surface area contributed by atoms with Gasteiger partial charge in [-0.25, -0.2) is 8.78 Å². The lowest BCUT2D eigenvalue weighted by Gasteiger charge is -2.35. The van der Waals surface area contributed by atoms with Crippen LogP contribution in [-0.2, 0) is 17.8 Å². The van der Waals surface area contributed by atoms with Crippen LogP contribution < -0.4 is 4.90 Å². The number of rotatable bonds is 17. The third kappa shape index (κ3) is 10.1. The number of hydrogen-bond donors (Lipinski definition) is 0. The Hall–Kier alpha value is -4.36. The first-order chi connectivity index (χ1) is 23.5. The predicted octanol–water partition coefficient (Wildman–Crippen LogP) is 9.16. The minimum Gasteiger partial charge on any atom is -0.359 e. The second-order valence-electron chi connectivity index (χ2n) is 13.1. The molecule has 4 aromatic carbocycles. The van der Waals surface area contributed by atoms with E-state index in [0.717, 1.165) is 42.4 Å². The molecule has 1 atom stereocenters. The average molecular weight is 668 g/mol. The second kappa shape index (κ2) is 17.9. The molecule has 0 N–H and O–H groups in total. The first-order valence-electron chi connectivity index (χ1n) is 17.5. The highest BCUT2D eigenvalue weighted by atomic mass is 19.2. The van der Waals surface area contributed by atoms with Crippen LogP contribution in [0, 0.1) is 11.6 Å². The van der Waals surface area contributed by atoms with Crippen molar-refractivity contribution in [3.05, 3.63) is 125 Å². The van der Waals surface area contributed by atoms with Gasteiger partial charge in [-0.1, -0.05) is 100 Å². The number of para-hydroxylation sites is 1. The van der Waals surface area contributed by atoms with Crippen LogP contribution in [0.1, 0.15) is 80.9 Å². The Morgan fingerprint density at radius 2 is 1.39 bits per heavy atom. The lowest BCUT2D eigenvalue weighted by molar-refractivity contribution is -0.130. The number of ketones is 1. The molecule has 0 radical (unpaired) electrons. The van der Waals surface area contributed by atoms with Gasteiger partial charge in [-0.2, -0.15) is 0 Å². The first kappa shape index (κ1) is 37.5. The van der Waals surface area contributed by atoms with E-state index >= 15 is 0 Å². The standard InChI is InChI=1S/C42H51F2N3O2/c1-7-45(8-2)26-27-46(28-33-17-20-35(21-18-33)36-24-22-34(23-25-36)30(3)4)41(49)29-47(40-15-10-9-13-38(40)32(6)48)31(5)16-19-37-12-11-14-39(43)42(37)44/h9-15,17-18,20-25,30-31H,7-8,16,19,26-29H2,1-6H3. The van der Waals surface area contributed by atoms with E-state index in [1.807, 2.05) is 34.9 Å². The average Bonchev–Trinajstić information content (AvgIpc) is 3.11. The summed E-state index contributed by atoms with van der Waals surface area (Å²) in [5.74, 6) is -1.42. The molecular weight excluding hydrogens is 616 g/mol. The normalized spacial score (nSPS) is 12.0. The zero-order chi connectivity index (χ0) is 35.5. The van der Waals surface area contributed by atoms with Gasteiger partial charge in [0.05, 0.1) is 6.54 Å². The van der Waals surface area contributed by atoms with Gasteiger partial charge in [-0.05, 0) is 91.7 Å². The smallest absolute Gasteiger partial charge is 0.242 e. The fourth-order valence-electron chi connectivity index (χ4n) is 6.19. The minimum atomic E-state index is -0.875. The highest BCUT2D eigenvalue weighted by molar-refractivity contribution is 6.00. The van der Waals surface area contributed by atoms with E-state index in [4.69, 9.17) is 0 Å². The highest BCUT2D eigenvalue weighted by Gasteiger charge is 2.25. The summed E-state index contributed by atoms with van der Waals surface area (Å²) < 4.78 is 28.5. The number of benzene rings is 4. The number of carbonyl (C=O) groups excluding carboxylic acids is 2. The maximum absolute atomic E-state index is 14.5. The van der Waals surface area contributed by atoms with Gasteiger partial charge < -0.3 is 14.7 Å². The molecule has 0 aliphatic heterocycles. The molecule has 0 aliphatic rings. The van der Waals surface area contributed by atoms with E-state index < -0.39 is 11.6 Å². The summed E-state index contributed by atoms with van der Waals surface area (Å²) in [6, 6.07) is 28.3. The minimum absolute atomic E-state index is 0.0373. The predicted molar refractivity (Wildman–Crippen MR) is 197 cm³/mol. The molecule has 0 bridgehead atoms. The van der Waals surface area contributed by atoms with Crippen molar-refractivity contribution in [3.63, 3.8) is 0 Å². The van der Waals surface area contributed by atoms with Crippen LogP contribution in [0.5, 0.6) is 0 Å². The summed E-state index contributed by atoms with van der Waals surface area (Å²) in [4.78, 5) is 33.2. The molecule has 0 spiro atoms. The number of likely N-dealkylation sites (N-methyl/N-ethyl adjacent to an activating group) is 1. The molecule has 0 aromatic heterocycles. The third-order valence-electron chi connectivity index (χ3n) is 9.46. The first-order valence-corrected chi connectivity index (χ1v) is 17.5. The second-order valence-corrected chi connectivity index (χ2v) is 13.1. The van der Waals surface area contributed by atoms with Gasteiger partial charge in [0.2, 0.25) is 5.91 Å². The van der Waals surface area contributed by atoms with E-state index in [0.29, 0.717) is 36.7 Å². The van der Waals surface area contributed by atoms with Crippen molar-refractivity contribution in [2.45, 2.75) is 72.9 Å². The van der Waals surface area contributed by atoms with Crippen LogP contribution >= 0.6 is 0 Å². The van der Waals surface area contributed by atoms with Crippen LogP contribution in [0.2, 0.25) is 0 Å². The lowest BCUT2D eigenvalue weighted by atomic mass is 9.98. The van der Waals surface area contributed by atoms with Crippen molar-refractivity contribution in [3.8, 4) is 11.1 Å². The SMILES string of the molecule is CCN(CC)CCN(Cc1ccc(-c2ccc(C(C)C)cc2)cc1)C(=O)CN(c1ccccc1C(C)=O)C(C)CCc1cccc(F)c1F. The molecule has 0 fully saturated rings. The van der Waals surface area contributed by atoms with Gasteiger partial charge in [-0.15, -0.1) is 0 Å². The van der Waals surface area contributed by atoms with E-state index in [1.165, 1.54) is 18.6 Å². The van der Waals surface area contributed by atoms with E-state index in [1.54, 1.807) is 12.1 Å². The molecule has 49 heavy (non-hydrogen) atoms. The molecule has 260 valence electrons. The quantitative estimate of drug-likeness (QED) is 0.105. The molecule has 4 rings (SSSR count). The molecule has 1 unspecified atom stereocenters. The van der Waals surface area contributed by atoms with Crippen LogP contribution in [0.3, 0.4) is 0 Å². The maximum atomic E-state index is 14.5. The Bertz CT molecular complexity index is 1670. The zero-order valence-corrected chi connectivity index (χ0v) is 29.9. The van der Waals surface area contributed by atoms with Gasteiger partial charge in [0.15, 0.2) is 17.4 Å². The highest BCUT2D eigenvalue weighted by Crippen LogP contribution is 2.27. The largest absolute Gasteiger partial charge is 0.359 e. The molecule has 0 saturated carbocycles. The van der Waals surface area contributed by atoms with Crippen molar-refractivity contribution >= 4 is 17.4 Å². The van der Waals surface area contributed by atoms with Gasteiger partial charge in [0, 0.05) is 36.9 Å². The monoisotopic (exact) mass is 667 g/mol. The van der Waals surface area contributed by atoms with Crippen LogP contribution in [0.4, 0.5) is 14.5 Å². The summed E-state index contributed by atoms with van der Waals surface area (Å²) >= 11 is 0. The summed E-state index contributed by atoms with van der Waals surface area (Å²) in [5, 5.41) is 0. The molecule has 4 aromatic rings. The van der Waals surface area contributed by atoms with Crippen LogP contribution in [0.25, 0.3) is 11.1 Å². The van der Waals surface area contributed by atoms with Gasteiger partial charge in [0.1, 0.15) is 0 Å². The van der Waals surface area contributed by atoms with E-state index in [2.05, 4.69) is 81.1 Å². The zero-order valence-electron chi connectivity index (χ0n) is 29.9. The van der Waals surface area contributed by atoms with Gasteiger partial charge in [-0.3, -0.25) is 9.59 Å². The number of anilines is 1. The molecule has 7 heteroatoms. The molecule has 0 aliphatic carbocycles. The number of nitrogens with zero attached hydrogens (tertiary/aromatic N) is 3. The number of halogens is 2. The number of carbonyl (C=O) groups is 2. The Balaban J connectivity index is 1.60. The van der Waals surface area contributed by atoms with Crippen molar-refractivity contribution < 1.29 is 18.4 Å². The van der Waals surface area contributed by atoms with Gasteiger partial charge >= 0.3 is 0 Å². The van der Waals surface area contributed by atoms with Crippen molar-refractivity contribution in [2.24, 2.45) is 0 Å². The van der Waals surface area contributed by atoms with Crippen LogP contribution in [-0.4, -0.2) is 60.3 Å². The van der Waals surface area contributed by atoms with Crippen molar-refractivity contribution in [2.75, 3.05) is 37.6 Å². The molecule has 1 amide bonds. The number of amides is 1. The molecular formula is C42H51F2N3O2. The number of aryl methyl sites for hydroxylation is 1. The summed E-state index contributed by atoms with van der Waals surface area (Å²) in [6.45, 7) is 15.6. The van der Waals surface area contributed by atoms with Gasteiger partial charge in [0.25, 0.3) is 0 Å². The summed E-state index contributed by atoms with van der Waals surface area (Å²) in [6.07, 6.45) is 0.745. The van der Waals surface area contributed by atoms with Crippen molar-refractivity contribution in [1.29, 1.82) is 0 Å². The number of Topliss-reactive ketones (excluding diaryl/α,β-unsaturated/α-hetero) is 1. The Kier molecular flexibility index (Phi) is 13.7. The van der Waals surface area contributed by atoms with E-state index in [9.17, 15) is 18.4 Å². The molecule has 5 nitrogen and oxygen atoms in total. The molecule has 0 saturated heterocycles. The molecule has 0 heterocycles. The van der Waals surface area contributed by atoms with Crippen LogP contribution in [0.15, 0.2) is 91.0 Å². The number of hydrogen-bond acceptors (Lipinski definition) is 4. The Morgan fingerprint density at radius 3 is 2.00 bits per heavy atom. The lowest BCUT2D eigenvalue weighted by Crippen LogP contribution is -2.46. The summed E-state index contributed by atoms with van der Waals surface area (Å²) in [7, 11) is 0. The topological polar surface area (TPSA) is 43.9 Å². The Morgan fingerprint density at radius 1 is 0.755 bits per heavy atom. The maximum Gasteiger partial charge on any atom is 0.242 e.